The van der Waals surface area contributed by atoms with Gasteiger partial charge in [-0.05, 0) is 72.3 Å². The van der Waals surface area contributed by atoms with E-state index in [1.54, 1.807) is 5.57 Å². The third-order valence-electron chi connectivity index (χ3n) is 6.95. The first-order valence-corrected chi connectivity index (χ1v) is 10.8. The summed E-state index contributed by atoms with van der Waals surface area (Å²) in [4.78, 5) is 0. The van der Waals surface area contributed by atoms with Crippen molar-refractivity contribution >= 4 is 5.57 Å². The Bertz CT molecular complexity index is 766. The Balaban J connectivity index is 1.71. The molecule has 0 heterocycles. The van der Waals surface area contributed by atoms with Gasteiger partial charge >= 0.3 is 0 Å². The van der Waals surface area contributed by atoms with Crippen molar-refractivity contribution in [3.05, 3.63) is 71.3 Å². The zero-order valence-corrected chi connectivity index (χ0v) is 16.5. The SMILES string of the molecule is CCC(=C(c1ccccc1)c1ccc(O)cc1)C1CCC(C2CCCC2)C1. The second-order valence-electron chi connectivity index (χ2n) is 8.48. The number of phenolic OH excluding ortho intramolecular Hbond substituents is 1. The number of aromatic hydroxyl groups is 1. The summed E-state index contributed by atoms with van der Waals surface area (Å²) in [6.45, 7) is 2.32. The summed E-state index contributed by atoms with van der Waals surface area (Å²) in [5.41, 5.74) is 5.56. The average Bonchev–Trinajstić information content (AvgIpc) is 3.39. The largest absolute Gasteiger partial charge is 0.508 e. The number of hydrogen-bond acceptors (Lipinski definition) is 1. The van der Waals surface area contributed by atoms with E-state index in [0.29, 0.717) is 11.7 Å². The quantitative estimate of drug-likeness (QED) is 0.597. The predicted molar refractivity (Wildman–Crippen MR) is 114 cm³/mol. The smallest absolute Gasteiger partial charge is 0.115 e. The molecule has 0 radical (unpaired) electrons. The average molecular weight is 361 g/mol. The molecule has 2 aromatic carbocycles. The molecule has 0 bridgehead atoms. The third-order valence-corrected chi connectivity index (χ3v) is 6.95. The van der Waals surface area contributed by atoms with Gasteiger partial charge in [-0.15, -0.1) is 0 Å². The summed E-state index contributed by atoms with van der Waals surface area (Å²) in [6, 6.07) is 18.6. The highest BCUT2D eigenvalue weighted by molar-refractivity contribution is 5.82. The van der Waals surface area contributed by atoms with Crippen molar-refractivity contribution in [1.82, 2.24) is 0 Å². The van der Waals surface area contributed by atoms with Gasteiger partial charge in [0, 0.05) is 0 Å². The molecule has 2 aliphatic carbocycles. The van der Waals surface area contributed by atoms with E-state index in [9.17, 15) is 5.11 Å². The van der Waals surface area contributed by atoms with Gasteiger partial charge in [0.05, 0.1) is 0 Å². The molecule has 1 N–H and O–H groups in total. The number of benzene rings is 2. The molecule has 0 saturated heterocycles. The van der Waals surface area contributed by atoms with Gasteiger partial charge in [0.2, 0.25) is 0 Å². The highest BCUT2D eigenvalue weighted by Crippen LogP contribution is 2.47. The minimum Gasteiger partial charge on any atom is -0.508 e. The van der Waals surface area contributed by atoms with E-state index in [1.807, 2.05) is 12.1 Å². The first-order valence-electron chi connectivity index (χ1n) is 10.8. The molecule has 4 rings (SSSR count). The third kappa shape index (κ3) is 3.98. The van der Waals surface area contributed by atoms with Crippen LogP contribution in [0.1, 0.15) is 69.4 Å². The molecule has 0 spiro atoms. The Kier molecular flexibility index (Phi) is 5.66. The lowest BCUT2D eigenvalue weighted by atomic mass is 9.82. The molecule has 27 heavy (non-hydrogen) atoms. The molecular formula is C26H32O. The molecule has 2 fully saturated rings. The molecule has 0 aliphatic heterocycles. The van der Waals surface area contributed by atoms with Crippen molar-refractivity contribution in [3.63, 3.8) is 0 Å². The summed E-state index contributed by atoms with van der Waals surface area (Å²) in [7, 11) is 0. The van der Waals surface area contributed by atoms with E-state index >= 15 is 0 Å². The normalized spacial score (nSPS) is 24.2. The number of allylic oxidation sites excluding steroid dienone is 1. The van der Waals surface area contributed by atoms with E-state index in [-0.39, 0.29) is 0 Å². The predicted octanol–water partition coefficient (Wildman–Crippen LogP) is 7.21. The van der Waals surface area contributed by atoms with E-state index in [2.05, 4.69) is 49.4 Å². The van der Waals surface area contributed by atoms with E-state index < -0.39 is 0 Å². The van der Waals surface area contributed by atoms with Crippen LogP contribution in [-0.4, -0.2) is 5.11 Å². The van der Waals surface area contributed by atoms with Crippen LogP contribution in [-0.2, 0) is 0 Å². The van der Waals surface area contributed by atoms with Gasteiger partial charge in [0.1, 0.15) is 5.75 Å². The fourth-order valence-electron chi connectivity index (χ4n) is 5.63. The van der Waals surface area contributed by atoms with Gasteiger partial charge < -0.3 is 5.11 Å². The van der Waals surface area contributed by atoms with Gasteiger partial charge in [0.15, 0.2) is 0 Å². The number of hydrogen-bond donors (Lipinski definition) is 1. The zero-order valence-electron chi connectivity index (χ0n) is 16.5. The first-order chi connectivity index (χ1) is 13.3. The lowest BCUT2D eigenvalue weighted by Gasteiger charge is -2.22. The van der Waals surface area contributed by atoms with Crippen molar-refractivity contribution in [2.24, 2.45) is 17.8 Å². The number of rotatable bonds is 5. The van der Waals surface area contributed by atoms with E-state index in [0.717, 1.165) is 18.3 Å². The molecule has 2 aliphatic rings. The Hall–Kier alpha value is -2.02. The van der Waals surface area contributed by atoms with E-state index in [4.69, 9.17) is 0 Å². The summed E-state index contributed by atoms with van der Waals surface area (Å²) in [5.74, 6) is 2.98. The second kappa shape index (κ2) is 8.33. The molecule has 2 unspecified atom stereocenters. The first kappa shape index (κ1) is 18.3. The molecule has 0 amide bonds. The molecule has 2 aromatic rings. The van der Waals surface area contributed by atoms with Crippen LogP contribution in [0.4, 0.5) is 0 Å². The van der Waals surface area contributed by atoms with Crippen LogP contribution in [0.25, 0.3) is 5.57 Å². The maximum atomic E-state index is 9.76. The summed E-state index contributed by atoms with van der Waals surface area (Å²) in [5, 5.41) is 9.76. The van der Waals surface area contributed by atoms with Gasteiger partial charge in [-0.25, -0.2) is 0 Å². The van der Waals surface area contributed by atoms with Crippen molar-refractivity contribution in [2.45, 2.75) is 58.3 Å². The Labute approximate surface area is 164 Å². The van der Waals surface area contributed by atoms with Crippen molar-refractivity contribution in [1.29, 1.82) is 0 Å². The molecule has 2 atom stereocenters. The highest BCUT2D eigenvalue weighted by atomic mass is 16.3. The van der Waals surface area contributed by atoms with Crippen molar-refractivity contribution < 1.29 is 5.11 Å². The Morgan fingerprint density at radius 2 is 1.48 bits per heavy atom. The van der Waals surface area contributed by atoms with Crippen LogP contribution in [0.3, 0.4) is 0 Å². The maximum absolute atomic E-state index is 9.76. The Morgan fingerprint density at radius 1 is 0.815 bits per heavy atom. The molecule has 2 saturated carbocycles. The van der Waals surface area contributed by atoms with Crippen LogP contribution in [0, 0.1) is 17.8 Å². The molecular weight excluding hydrogens is 328 g/mol. The minimum absolute atomic E-state index is 0.339. The highest BCUT2D eigenvalue weighted by Gasteiger charge is 2.34. The summed E-state index contributed by atoms with van der Waals surface area (Å²) >= 11 is 0. The minimum atomic E-state index is 0.339. The fourth-order valence-corrected chi connectivity index (χ4v) is 5.63. The van der Waals surface area contributed by atoms with Crippen LogP contribution in [0.2, 0.25) is 0 Å². The zero-order chi connectivity index (χ0) is 18.6. The standard InChI is InChI=1S/C26H32O/c1-2-25(23-13-12-22(18-23)19-8-6-7-9-19)26(20-10-4-3-5-11-20)21-14-16-24(27)17-15-21/h3-5,10-11,14-17,19,22-23,27H,2,6-9,12-13,18H2,1H3. The van der Waals surface area contributed by atoms with Gasteiger partial charge in [-0.2, -0.15) is 0 Å². The Morgan fingerprint density at radius 3 is 2.15 bits per heavy atom. The van der Waals surface area contributed by atoms with E-state index in [1.165, 1.54) is 61.6 Å². The van der Waals surface area contributed by atoms with Crippen molar-refractivity contribution in [2.75, 3.05) is 0 Å². The monoisotopic (exact) mass is 360 g/mol. The molecule has 1 heteroatoms. The summed E-state index contributed by atoms with van der Waals surface area (Å²) in [6.07, 6.45) is 11.1. The lowest BCUT2D eigenvalue weighted by molar-refractivity contribution is 0.340. The lowest BCUT2D eigenvalue weighted by Crippen LogP contribution is -2.09. The van der Waals surface area contributed by atoms with Gasteiger partial charge in [0.25, 0.3) is 0 Å². The van der Waals surface area contributed by atoms with Crippen LogP contribution < -0.4 is 0 Å². The van der Waals surface area contributed by atoms with Crippen molar-refractivity contribution in [3.8, 4) is 5.75 Å². The topological polar surface area (TPSA) is 20.2 Å². The fraction of sp³-hybridized carbons (Fsp3) is 0.462. The van der Waals surface area contributed by atoms with Crippen LogP contribution in [0.5, 0.6) is 5.75 Å². The number of phenols is 1. The van der Waals surface area contributed by atoms with Gasteiger partial charge in [-0.1, -0.05) is 80.6 Å². The van der Waals surface area contributed by atoms with Gasteiger partial charge in [-0.3, -0.25) is 0 Å². The molecule has 142 valence electrons. The van der Waals surface area contributed by atoms with Crippen LogP contribution >= 0.6 is 0 Å². The molecule has 1 nitrogen and oxygen atoms in total. The maximum Gasteiger partial charge on any atom is 0.115 e. The van der Waals surface area contributed by atoms with Crippen LogP contribution in [0.15, 0.2) is 60.2 Å². The summed E-state index contributed by atoms with van der Waals surface area (Å²) < 4.78 is 0. The second-order valence-corrected chi connectivity index (χ2v) is 8.48. The molecule has 0 aromatic heterocycles.